The molecule has 0 aliphatic carbocycles. The fourth-order valence-corrected chi connectivity index (χ4v) is 2.84. The molecule has 0 saturated heterocycles. The van der Waals surface area contributed by atoms with Crippen LogP contribution in [0, 0.1) is 11.3 Å². The number of amides is 2. The first-order chi connectivity index (χ1) is 12.6. The number of anilines is 1. The Kier molecular flexibility index (Phi) is 5.04. The summed E-state index contributed by atoms with van der Waals surface area (Å²) in [4.78, 5) is 27.6. The second-order valence-corrected chi connectivity index (χ2v) is 5.97. The molecule has 0 aliphatic heterocycles. The van der Waals surface area contributed by atoms with Crippen molar-refractivity contribution in [3.63, 3.8) is 0 Å². The van der Waals surface area contributed by atoms with Gasteiger partial charge >= 0.3 is 0 Å². The van der Waals surface area contributed by atoms with Crippen LogP contribution in [-0.4, -0.2) is 27.9 Å². The maximum absolute atomic E-state index is 12.4. The number of para-hydroxylation sites is 1. The van der Waals surface area contributed by atoms with Gasteiger partial charge in [-0.3, -0.25) is 9.59 Å². The Morgan fingerprint density at radius 1 is 1.31 bits per heavy atom. The maximum Gasteiger partial charge on any atom is 0.268 e. The molecule has 3 N–H and O–H groups in total. The average molecular weight is 349 g/mol. The van der Waals surface area contributed by atoms with Crippen molar-refractivity contribution in [1.82, 2.24) is 14.9 Å². The number of H-pyrrole nitrogens is 1. The van der Waals surface area contributed by atoms with Gasteiger partial charge in [0.25, 0.3) is 5.91 Å². The van der Waals surface area contributed by atoms with Gasteiger partial charge in [0.1, 0.15) is 5.69 Å². The molecule has 3 aromatic rings. The quantitative estimate of drug-likeness (QED) is 0.595. The van der Waals surface area contributed by atoms with E-state index < -0.39 is 0 Å². The van der Waals surface area contributed by atoms with Gasteiger partial charge in [0.2, 0.25) is 5.91 Å². The summed E-state index contributed by atoms with van der Waals surface area (Å²) >= 11 is 0. The normalized spacial score (nSPS) is 10.5. The van der Waals surface area contributed by atoms with E-state index >= 15 is 0 Å². The zero-order valence-electron chi connectivity index (χ0n) is 14.4. The van der Waals surface area contributed by atoms with Gasteiger partial charge in [-0.25, -0.2) is 0 Å². The fourth-order valence-electron chi connectivity index (χ4n) is 2.84. The number of aromatic nitrogens is 2. The first kappa shape index (κ1) is 17.3. The van der Waals surface area contributed by atoms with Crippen molar-refractivity contribution >= 4 is 28.4 Å². The minimum absolute atomic E-state index is 0.156. The molecule has 0 bridgehead atoms. The standard InChI is InChI=1S/C19H19N5O2/c1-24-12-14(10-17(24)19(26)21-8-4-7-20)23-18(25)9-13-11-22-16-6-3-2-5-15(13)16/h2-3,5-6,10-12,22H,4,8-9H2,1H3,(H,21,26)(H,23,25). The second kappa shape index (κ2) is 7.57. The Morgan fingerprint density at radius 3 is 2.92 bits per heavy atom. The van der Waals surface area contributed by atoms with Crippen molar-refractivity contribution in [3.05, 3.63) is 54.0 Å². The Bertz CT molecular complexity index is 993. The fraction of sp³-hybridized carbons (Fsp3) is 0.211. The first-order valence-corrected chi connectivity index (χ1v) is 8.25. The van der Waals surface area contributed by atoms with E-state index in [2.05, 4.69) is 15.6 Å². The zero-order chi connectivity index (χ0) is 18.5. The van der Waals surface area contributed by atoms with Crippen LogP contribution >= 0.6 is 0 Å². The molecule has 2 amide bonds. The van der Waals surface area contributed by atoms with E-state index in [-0.39, 0.29) is 24.7 Å². The van der Waals surface area contributed by atoms with E-state index in [1.807, 2.05) is 36.5 Å². The molecular formula is C19H19N5O2. The van der Waals surface area contributed by atoms with Gasteiger partial charge < -0.3 is 20.2 Å². The number of fused-ring (bicyclic) bond motifs is 1. The van der Waals surface area contributed by atoms with Gasteiger partial charge in [0, 0.05) is 36.9 Å². The van der Waals surface area contributed by atoms with Crippen LogP contribution in [0.15, 0.2) is 42.7 Å². The Morgan fingerprint density at radius 2 is 2.12 bits per heavy atom. The van der Waals surface area contributed by atoms with E-state index in [1.165, 1.54) is 0 Å². The van der Waals surface area contributed by atoms with Crippen molar-refractivity contribution in [2.24, 2.45) is 7.05 Å². The molecule has 2 heterocycles. The predicted molar refractivity (Wildman–Crippen MR) is 98.6 cm³/mol. The minimum atomic E-state index is -0.278. The number of aromatic amines is 1. The zero-order valence-corrected chi connectivity index (χ0v) is 14.4. The monoisotopic (exact) mass is 349 g/mol. The number of carbonyl (C=O) groups excluding carboxylic acids is 2. The molecule has 0 fully saturated rings. The van der Waals surface area contributed by atoms with Crippen molar-refractivity contribution in [3.8, 4) is 6.07 Å². The van der Waals surface area contributed by atoms with Crippen LogP contribution in [0.1, 0.15) is 22.5 Å². The summed E-state index contributed by atoms with van der Waals surface area (Å²) in [6.07, 6.45) is 4.02. The van der Waals surface area contributed by atoms with Crippen LogP contribution in [0.2, 0.25) is 0 Å². The van der Waals surface area contributed by atoms with Crippen LogP contribution in [0.25, 0.3) is 10.9 Å². The molecular weight excluding hydrogens is 330 g/mol. The highest BCUT2D eigenvalue weighted by atomic mass is 16.2. The SMILES string of the molecule is Cn1cc(NC(=O)Cc2c[nH]c3ccccc23)cc1C(=O)NCCC#N. The molecule has 26 heavy (non-hydrogen) atoms. The number of hydrogen-bond donors (Lipinski definition) is 3. The number of hydrogen-bond acceptors (Lipinski definition) is 3. The third kappa shape index (κ3) is 3.75. The number of nitriles is 1. The number of benzene rings is 1. The van der Waals surface area contributed by atoms with Gasteiger partial charge in [-0.15, -0.1) is 0 Å². The van der Waals surface area contributed by atoms with Gasteiger partial charge in [-0.05, 0) is 17.7 Å². The van der Waals surface area contributed by atoms with Gasteiger partial charge in [-0.2, -0.15) is 5.26 Å². The molecule has 0 spiro atoms. The second-order valence-electron chi connectivity index (χ2n) is 5.97. The lowest BCUT2D eigenvalue weighted by Crippen LogP contribution is -2.25. The van der Waals surface area contributed by atoms with Crippen molar-refractivity contribution in [1.29, 1.82) is 5.26 Å². The third-order valence-electron chi connectivity index (χ3n) is 4.07. The summed E-state index contributed by atoms with van der Waals surface area (Å²) in [6, 6.07) is 11.4. The summed E-state index contributed by atoms with van der Waals surface area (Å²) < 4.78 is 1.64. The Labute approximate surface area is 150 Å². The van der Waals surface area contributed by atoms with Crippen LogP contribution in [0.3, 0.4) is 0 Å². The highest BCUT2D eigenvalue weighted by molar-refractivity contribution is 5.98. The Hall–Kier alpha value is -3.53. The summed E-state index contributed by atoms with van der Waals surface area (Å²) in [5.74, 6) is -0.434. The summed E-state index contributed by atoms with van der Waals surface area (Å²) in [7, 11) is 1.73. The van der Waals surface area contributed by atoms with E-state index in [0.29, 0.717) is 17.9 Å². The summed E-state index contributed by atoms with van der Waals surface area (Å²) in [5, 5.41) is 15.0. The maximum atomic E-state index is 12.4. The highest BCUT2D eigenvalue weighted by Crippen LogP contribution is 2.19. The molecule has 0 atom stereocenters. The molecule has 0 unspecified atom stereocenters. The van der Waals surface area contributed by atoms with Crippen molar-refractivity contribution < 1.29 is 9.59 Å². The molecule has 7 nitrogen and oxygen atoms in total. The van der Waals surface area contributed by atoms with Crippen molar-refractivity contribution in [2.45, 2.75) is 12.8 Å². The lowest BCUT2D eigenvalue weighted by atomic mass is 10.1. The van der Waals surface area contributed by atoms with Crippen LogP contribution in [-0.2, 0) is 18.3 Å². The minimum Gasteiger partial charge on any atom is -0.361 e. The van der Waals surface area contributed by atoms with E-state index in [0.717, 1.165) is 16.5 Å². The molecule has 1 aromatic carbocycles. The smallest absolute Gasteiger partial charge is 0.268 e. The van der Waals surface area contributed by atoms with Gasteiger partial charge in [0.15, 0.2) is 0 Å². The van der Waals surface area contributed by atoms with Gasteiger partial charge in [-0.1, -0.05) is 18.2 Å². The molecule has 0 aliphatic rings. The average Bonchev–Trinajstić information content (AvgIpc) is 3.19. The molecule has 3 rings (SSSR count). The lowest BCUT2D eigenvalue weighted by Gasteiger charge is -2.02. The molecule has 132 valence electrons. The third-order valence-corrected chi connectivity index (χ3v) is 4.07. The molecule has 0 saturated carbocycles. The number of rotatable bonds is 6. The predicted octanol–water partition coefficient (Wildman–Crippen LogP) is 2.33. The number of aryl methyl sites for hydroxylation is 1. The van der Waals surface area contributed by atoms with Gasteiger partial charge in [0.05, 0.1) is 24.6 Å². The van der Waals surface area contributed by atoms with Crippen LogP contribution < -0.4 is 10.6 Å². The summed E-state index contributed by atoms with van der Waals surface area (Å²) in [6.45, 7) is 0.294. The number of nitrogens with one attached hydrogen (secondary N) is 3. The molecule has 2 aromatic heterocycles. The lowest BCUT2D eigenvalue weighted by molar-refractivity contribution is -0.115. The topological polar surface area (TPSA) is 103 Å². The molecule has 7 heteroatoms. The van der Waals surface area contributed by atoms with E-state index in [4.69, 9.17) is 5.26 Å². The van der Waals surface area contributed by atoms with Crippen molar-refractivity contribution in [2.75, 3.05) is 11.9 Å². The Balaban J connectivity index is 1.65. The highest BCUT2D eigenvalue weighted by Gasteiger charge is 2.14. The van der Waals surface area contributed by atoms with E-state index in [1.54, 1.807) is 23.9 Å². The van der Waals surface area contributed by atoms with Crippen LogP contribution in [0.4, 0.5) is 5.69 Å². The number of carbonyl (C=O) groups is 2. The molecule has 0 radical (unpaired) electrons. The van der Waals surface area contributed by atoms with Crippen LogP contribution in [0.5, 0.6) is 0 Å². The summed E-state index contributed by atoms with van der Waals surface area (Å²) in [5.41, 5.74) is 2.89. The largest absolute Gasteiger partial charge is 0.361 e. The number of nitrogens with zero attached hydrogens (tertiary/aromatic N) is 2. The van der Waals surface area contributed by atoms with E-state index in [9.17, 15) is 9.59 Å². The first-order valence-electron chi connectivity index (χ1n) is 8.25.